The van der Waals surface area contributed by atoms with Crippen molar-refractivity contribution in [3.63, 3.8) is 0 Å². The van der Waals surface area contributed by atoms with E-state index in [2.05, 4.69) is 129 Å². The number of methoxy groups -OCH3 is 1. The first-order valence-electron chi connectivity index (χ1n) is 15.1. The van der Waals surface area contributed by atoms with Crippen LogP contribution in [0, 0.1) is 11.8 Å². The van der Waals surface area contributed by atoms with Crippen LogP contribution in [0.2, 0.25) is 4.82 Å². The molecule has 214 valence electrons. The molecule has 6 atom stereocenters. The summed E-state index contributed by atoms with van der Waals surface area (Å²) in [5.41, 5.74) is 2.49. The van der Waals surface area contributed by atoms with Gasteiger partial charge in [0.15, 0.2) is 0 Å². The molecule has 0 spiro atoms. The van der Waals surface area contributed by atoms with Crippen molar-refractivity contribution >= 4 is 30.2 Å². The molecule has 6 rings (SSSR count). The average molecular weight is 613 g/mol. The summed E-state index contributed by atoms with van der Waals surface area (Å²) in [6.07, 6.45) is 3.85. The van der Waals surface area contributed by atoms with Gasteiger partial charge in [-0.15, -0.1) is 0 Å². The van der Waals surface area contributed by atoms with Crippen LogP contribution in [0.15, 0.2) is 103 Å². The zero-order chi connectivity index (χ0) is 28.4. The Kier molecular flexibility index (Phi) is 8.67. The molecule has 0 N–H and O–H groups in total. The van der Waals surface area contributed by atoms with Gasteiger partial charge in [-0.2, -0.15) is 0 Å². The van der Waals surface area contributed by atoms with Gasteiger partial charge in [0, 0.05) is 0 Å². The molecule has 1 aliphatic carbocycles. The second kappa shape index (κ2) is 12.4. The van der Waals surface area contributed by atoms with Crippen LogP contribution in [0.3, 0.4) is 0 Å². The number of nitrogens with zero attached hydrogens (tertiary/aromatic N) is 1. The van der Waals surface area contributed by atoms with E-state index < -0.39 is 0 Å². The molecule has 4 aromatic rings. The minimum absolute atomic E-state index is 0.00793. The molecule has 2 aliphatic rings. The molecule has 2 fully saturated rings. The van der Waals surface area contributed by atoms with Crippen LogP contribution in [0.1, 0.15) is 63.5 Å². The fraction of sp³-hybridized carbons (Fsp3) is 0.405. The quantitative estimate of drug-likeness (QED) is 0.189. The molecular weight excluding hydrogens is 569 g/mol. The van der Waals surface area contributed by atoms with Gasteiger partial charge in [0.1, 0.15) is 0 Å². The average Bonchev–Trinajstić information content (AvgIpc) is 2.99. The first kappa shape index (κ1) is 28.6. The number of fused-ring (bicyclic) bond motifs is 2. The molecule has 0 amide bonds. The predicted octanol–water partition coefficient (Wildman–Crippen LogP) is 7.96. The van der Waals surface area contributed by atoms with Gasteiger partial charge in [-0.1, -0.05) is 0 Å². The zero-order valence-corrected chi connectivity index (χ0v) is 26.5. The van der Waals surface area contributed by atoms with E-state index in [4.69, 9.17) is 9.47 Å². The Bertz CT molecular complexity index is 1420. The number of rotatable bonds is 8. The van der Waals surface area contributed by atoms with Crippen molar-refractivity contribution < 1.29 is 9.47 Å². The molecule has 0 unspecified atom stereocenters. The van der Waals surface area contributed by atoms with E-state index in [0.29, 0.717) is 16.7 Å². The van der Waals surface area contributed by atoms with Crippen LogP contribution in [0.5, 0.6) is 0 Å². The Morgan fingerprint density at radius 1 is 0.878 bits per heavy atom. The van der Waals surface area contributed by atoms with Crippen molar-refractivity contribution in [3.05, 3.63) is 114 Å². The molecule has 41 heavy (non-hydrogen) atoms. The second-order valence-corrected chi connectivity index (χ2v) is 15.3. The van der Waals surface area contributed by atoms with Crippen LogP contribution < -0.4 is 4.46 Å². The number of hydrogen-bond acceptors (Lipinski definition) is 3. The van der Waals surface area contributed by atoms with E-state index in [1.165, 1.54) is 39.2 Å². The molecule has 0 radical (unpaired) electrons. The normalized spacial score (nSPS) is 25.9. The SMILES string of the molecule is CO[C@@H](c1ccccc1)[C@@H](CN1[C@H](c2ccc3ccccc3c2)O[C@@H]2C[C@H](C)CC[C@H]2C1(C)C)[Se]c1ccccc1. The summed E-state index contributed by atoms with van der Waals surface area (Å²) in [6, 6.07) is 37.4. The monoisotopic (exact) mass is 613 g/mol. The number of hydrogen-bond donors (Lipinski definition) is 0. The molecule has 0 bridgehead atoms. The Balaban J connectivity index is 1.42. The molecule has 1 heterocycles. The standard InChI is InChI=1S/C37H43NO2Se/c1-26-19-22-32-33(23-26)40-36(30-21-20-27-13-11-12-16-29(27)24-30)38(37(32,2)3)25-34(41-31-17-9-6-10-18-31)35(39-4)28-14-7-5-8-15-28/h5-18,20-21,24,26,32-36H,19,22-23,25H2,1-4H3/t26-,32-,33-,34-,35+,36+/m1/s1. The topological polar surface area (TPSA) is 21.7 Å². The van der Waals surface area contributed by atoms with Gasteiger partial charge in [-0.3, -0.25) is 0 Å². The van der Waals surface area contributed by atoms with Crippen LogP contribution in [0.4, 0.5) is 0 Å². The van der Waals surface area contributed by atoms with E-state index in [1.54, 1.807) is 0 Å². The van der Waals surface area contributed by atoms with E-state index in [-0.39, 0.29) is 38.9 Å². The van der Waals surface area contributed by atoms with Crippen LogP contribution >= 0.6 is 0 Å². The minimum atomic E-state index is -0.0940. The number of ether oxygens (including phenoxy) is 2. The molecule has 4 aromatic carbocycles. The van der Waals surface area contributed by atoms with E-state index in [1.807, 2.05) is 7.11 Å². The summed E-state index contributed by atoms with van der Waals surface area (Å²) >= 11 is 0.208. The van der Waals surface area contributed by atoms with E-state index >= 15 is 0 Å². The number of benzene rings is 4. The molecular formula is C37H43NO2Se. The van der Waals surface area contributed by atoms with Crippen molar-refractivity contribution in [3.8, 4) is 0 Å². The van der Waals surface area contributed by atoms with Crippen molar-refractivity contribution in [1.29, 1.82) is 0 Å². The Labute approximate surface area is 252 Å². The van der Waals surface area contributed by atoms with Gasteiger partial charge in [-0.25, -0.2) is 0 Å². The maximum absolute atomic E-state index is 7.21. The summed E-state index contributed by atoms with van der Waals surface area (Å²) in [6.45, 7) is 8.26. The van der Waals surface area contributed by atoms with Crippen molar-refractivity contribution in [1.82, 2.24) is 4.90 Å². The summed E-state index contributed by atoms with van der Waals surface area (Å²) < 4.78 is 15.0. The predicted molar refractivity (Wildman–Crippen MR) is 171 cm³/mol. The molecule has 1 saturated carbocycles. The fourth-order valence-corrected chi connectivity index (χ4v) is 9.91. The van der Waals surface area contributed by atoms with Gasteiger partial charge < -0.3 is 0 Å². The van der Waals surface area contributed by atoms with Crippen molar-refractivity contribution in [2.75, 3.05) is 13.7 Å². The molecule has 1 aliphatic heterocycles. The van der Waals surface area contributed by atoms with E-state index in [9.17, 15) is 0 Å². The van der Waals surface area contributed by atoms with Gasteiger partial charge in [-0.05, 0) is 0 Å². The van der Waals surface area contributed by atoms with Gasteiger partial charge in [0.2, 0.25) is 0 Å². The van der Waals surface area contributed by atoms with Gasteiger partial charge >= 0.3 is 253 Å². The molecule has 1 saturated heterocycles. The van der Waals surface area contributed by atoms with Gasteiger partial charge in [0.05, 0.1) is 0 Å². The van der Waals surface area contributed by atoms with Crippen LogP contribution in [-0.4, -0.2) is 45.2 Å². The van der Waals surface area contributed by atoms with Crippen molar-refractivity contribution in [2.24, 2.45) is 11.8 Å². The molecule has 3 nitrogen and oxygen atoms in total. The summed E-state index contributed by atoms with van der Waals surface area (Å²) in [5.74, 6) is 1.22. The van der Waals surface area contributed by atoms with Gasteiger partial charge in [0.25, 0.3) is 0 Å². The Morgan fingerprint density at radius 3 is 2.29 bits per heavy atom. The maximum atomic E-state index is 7.21. The Hall–Kier alpha value is -2.46. The second-order valence-electron chi connectivity index (χ2n) is 12.5. The van der Waals surface area contributed by atoms with Crippen LogP contribution in [0.25, 0.3) is 10.8 Å². The fourth-order valence-electron chi connectivity index (χ4n) is 7.20. The third-order valence-corrected chi connectivity index (χ3v) is 12.1. The van der Waals surface area contributed by atoms with Crippen molar-refractivity contribution in [2.45, 2.75) is 68.8 Å². The zero-order valence-electron chi connectivity index (χ0n) is 24.8. The van der Waals surface area contributed by atoms with E-state index in [0.717, 1.165) is 13.0 Å². The third kappa shape index (κ3) is 6.05. The summed E-state index contributed by atoms with van der Waals surface area (Å²) in [5, 5.41) is 2.55. The summed E-state index contributed by atoms with van der Waals surface area (Å²) in [7, 11) is 1.88. The van der Waals surface area contributed by atoms with Crippen LogP contribution in [-0.2, 0) is 9.47 Å². The first-order chi connectivity index (χ1) is 19.9. The third-order valence-electron chi connectivity index (χ3n) is 9.47. The first-order valence-corrected chi connectivity index (χ1v) is 17.0. The summed E-state index contributed by atoms with van der Waals surface area (Å²) in [4.78, 5) is 3.01. The Morgan fingerprint density at radius 2 is 1.56 bits per heavy atom. The molecule has 4 heteroatoms. The molecule has 0 aromatic heterocycles.